The number of hydrogen-bond donors (Lipinski definition) is 0. The van der Waals surface area contributed by atoms with E-state index in [0.29, 0.717) is 6.54 Å². The largest absolute Gasteiger partial charge is 0.337 e. The van der Waals surface area contributed by atoms with Crippen LogP contribution in [0.4, 0.5) is 0 Å². The monoisotopic (exact) mass is 300 g/mol. The second kappa shape index (κ2) is 5.98. The van der Waals surface area contributed by atoms with Crippen molar-refractivity contribution in [3.8, 4) is 0 Å². The van der Waals surface area contributed by atoms with Crippen molar-refractivity contribution in [3.63, 3.8) is 0 Å². The van der Waals surface area contributed by atoms with E-state index in [0.717, 1.165) is 29.9 Å². The first-order valence-electron chi connectivity index (χ1n) is 7.38. The van der Waals surface area contributed by atoms with Crippen LogP contribution in [0.1, 0.15) is 39.7 Å². The number of carbonyl (C=O) groups is 1. The first-order chi connectivity index (χ1) is 10.1. The van der Waals surface area contributed by atoms with E-state index in [-0.39, 0.29) is 5.91 Å². The number of thiophene rings is 1. The molecule has 0 aromatic carbocycles. The van der Waals surface area contributed by atoms with Gasteiger partial charge in [-0.25, -0.2) is 0 Å². The van der Waals surface area contributed by atoms with Gasteiger partial charge in [0, 0.05) is 36.2 Å². The second-order valence-electron chi connectivity index (χ2n) is 5.92. The number of amides is 1. The molecule has 4 heteroatoms. The number of aromatic nitrogens is 1. The van der Waals surface area contributed by atoms with Gasteiger partial charge >= 0.3 is 0 Å². The predicted molar refractivity (Wildman–Crippen MR) is 85.5 cm³/mol. The second-order valence-corrected chi connectivity index (χ2v) is 6.89. The number of pyridine rings is 1. The summed E-state index contributed by atoms with van der Waals surface area (Å²) in [7, 11) is 1.87. The molecule has 0 spiro atoms. The maximum Gasteiger partial charge on any atom is 0.255 e. The van der Waals surface area contributed by atoms with E-state index in [1.54, 1.807) is 22.4 Å². The lowest BCUT2D eigenvalue weighted by Crippen LogP contribution is -2.27. The van der Waals surface area contributed by atoms with Crippen molar-refractivity contribution in [3.05, 3.63) is 51.5 Å². The van der Waals surface area contributed by atoms with Gasteiger partial charge in [-0.15, -0.1) is 11.3 Å². The van der Waals surface area contributed by atoms with Crippen molar-refractivity contribution in [2.24, 2.45) is 5.92 Å². The van der Waals surface area contributed by atoms with Gasteiger partial charge in [0.1, 0.15) is 0 Å². The molecule has 3 nitrogen and oxygen atoms in total. The molecular formula is C17H20N2OS. The highest BCUT2D eigenvalue weighted by molar-refractivity contribution is 7.10. The summed E-state index contributed by atoms with van der Waals surface area (Å²) in [4.78, 5) is 20.0. The highest BCUT2D eigenvalue weighted by atomic mass is 32.1. The fraction of sp³-hybridized carbons (Fsp3) is 0.412. The third kappa shape index (κ3) is 3.00. The highest BCUT2D eigenvalue weighted by Gasteiger charge is 2.24. The average Bonchev–Trinajstić information content (AvgIpc) is 2.90. The van der Waals surface area contributed by atoms with Crippen LogP contribution in [0.2, 0.25) is 0 Å². The molecule has 2 heterocycles. The molecule has 0 N–H and O–H groups in total. The van der Waals surface area contributed by atoms with E-state index < -0.39 is 0 Å². The van der Waals surface area contributed by atoms with Gasteiger partial charge in [0.2, 0.25) is 0 Å². The smallest absolute Gasteiger partial charge is 0.255 e. The summed E-state index contributed by atoms with van der Waals surface area (Å²) < 4.78 is 0. The first kappa shape index (κ1) is 14.3. The van der Waals surface area contributed by atoms with Gasteiger partial charge in [0.05, 0.1) is 5.56 Å². The van der Waals surface area contributed by atoms with Crippen molar-refractivity contribution < 1.29 is 4.79 Å². The summed E-state index contributed by atoms with van der Waals surface area (Å²) in [5.74, 6) is 0.873. The molecule has 110 valence electrons. The molecule has 0 fully saturated rings. The molecular weight excluding hydrogens is 280 g/mol. The van der Waals surface area contributed by atoms with E-state index in [2.05, 4.69) is 11.9 Å². The zero-order valence-electron chi connectivity index (χ0n) is 12.5. The molecule has 0 aliphatic heterocycles. The maximum atomic E-state index is 12.7. The number of carbonyl (C=O) groups excluding carboxylic acids is 1. The summed E-state index contributed by atoms with van der Waals surface area (Å²) in [5, 5.41) is 2.05. The third-order valence-corrected chi connectivity index (χ3v) is 5.17. The van der Waals surface area contributed by atoms with Gasteiger partial charge in [-0.3, -0.25) is 9.78 Å². The minimum absolute atomic E-state index is 0.130. The Morgan fingerprint density at radius 2 is 2.38 bits per heavy atom. The Kier molecular flexibility index (Phi) is 4.06. The summed E-state index contributed by atoms with van der Waals surface area (Å²) >= 11 is 1.75. The Bertz CT molecular complexity index is 635. The van der Waals surface area contributed by atoms with Crippen LogP contribution in [0.25, 0.3) is 0 Å². The topological polar surface area (TPSA) is 33.2 Å². The Labute approximate surface area is 129 Å². The van der Waals surface area contributed by atoms with Crippen LogP contribution in [0.15, 0.2) is 29.9 Å². The van der Waals surface area contributed by atoms with Crippen LogP contribution in [0.3, 0.4) is 0 Å². The molecule has 0 saturated heterocycles. The average molecular weight is 300 g/mol. The number of fused-ring (bicyclic) bond motifs is 1. The Hall–Kier alpha value is -1.68. The molecule has 1 aliphatic rings. The summed E-state index contributed by atoms with van der Waals surface area (Å²) in [6.45, 7) is 2.90. The van der Waals surface area contributed by atoms with Crippen LogP contribution >= 0.6 is 11.3 Å². The van der Waals surface area contributed by atoms with Gasteiger partial charge in [-0.05, 0) is 42.4 Å². The van der Waals surface area contributed by atoms with E-state index in [4.69, 9.17) is 0 Å². The van der Waals surface area contributed by atoms with Crippen LogP contribution in [-0.2, 0) is 19.4 Å². The first-order valence-corrected chi connectivity index (χ1v) is 8.26. The van der Waals surface area contributed by atoms with E-state index in [1.165, 1.54) is 16.9 Å². The van der Waals surface area contributed by atoms with Crippen LogP contribution < -0.4 is 0 Å². The minimum Gasteiger partial charge on any atom is -0.337 e. The highest BCUT2D eigenvalue weighted by Crippen LogP contribution is 2.33. The summed E-state index contributed by atoms with van der Waals surface area (Å²) in [6.07, 6.45) is 6.92. The van der Waals surface area contributed by atoms with Gasteiger partial charge in [0.15, 0.2) is 0 Å². The molecule has 2 aromatic rings. The molecule has 1 aliphatic carbocycles. The summed E-state index contributed by atoms with van der Waals surface area (Å²) in [5.41, 5.74) is 3.26. The standard InChI is InChI=1S/C17H20N2OS/c1-12-5-6-14-15(11-21-16(14)8-12)17(20)19(2)10-13-4-3-7-18-9-13/h3-4,7,9,11-12H,5-6,8,10H2,1-2H3. The molecule has 1 atom stereocenters. The van der Waals surface area contributed by atoms with Crippen molar-refractivity contribution >= 4 is 17.2 Å². The van der Waals surface area contributed by atoms with E-state index >= 15 is 0 Å². The Morgan fingerprint density at radius 3 is 3.14 bits per heavy atom. The lowest BCUT2D eigenvalue weighted by atomic mass is 9.88. The Balaban J connectivity index is 1.76. The van der Waals surface area contributed by atoms with Gasteiger partial charge < -0.3 is 4.90 Å². The number of hydrogen-bond acceptors (Lipinski definition) is 3. The molecule has 0 radical (unpaired) electrons. The van der Waals surface area contributed by atoms with Crippen molar-refractivity contribution in [1.29, 1.82) is 0 Å². The lowest BCUT2D eigenvalue weighted by Gasteiger charge is -2.21. The maximum absolute atomic E-state index is 12.7. The van der Waals surface area contributed by atoms with Gasteiger partial charge in [-0.1, -0.05) is 13.0 Å². The summed E-state index contributed by atoms with van der Waals surface area (Å²) in [6, 6.07) is 3.91. The molecule has 21 heavy (non-hydrogen) atoms. The molecule has 1 unspecified atom stereocenters. The quantitative estimate of drug-likeness (QED) is 0.868. The normalized spacial score (nSPS) is 17.3. The molecule has 3 rings (SSSR count). The third-order valence-electron chi connectivity index (χ3n) is 4.12. The number of nitrogens with zero attached hydrogens (tertiary/aromatic N) is 2. The fourth-order valence-corrected chi connectivity index (χ4v) is 4.14. The van der Waals surface area contributed by atoms with Crippen molar-refractivity contribution in [2.45, 2.75) is 32.7 Å². The van der Waals surface area contributed by atoms with Crippen molar-refractivity contribution in [2.75, 3.05) is 7.05 Å². The van der Waals surface area contributed by atoms with E-state index in [1.807, 2.05) is 30.8 Å². The van der Waals surface area contributed by atoms with Gasteiger partial charge in [-0.2, -0.15) is 0 Å². The zero-order valence-corrected chi connectivity index (χ0v) is 13.3. The zero-order chi connectivity index (χ0) is 14.8. The SMILES string of the molecule is CC1CCc2c(C(=O)N(C)Cc3cccnc3)csc2C1. The number of rotatable bonds is 3. The molecule has 0 bridgehead atoms. The molecule has 2 aromatic heterocycles. The Morgan fingerprint density at radius 1 is 1.52 bits per heavy atom. The van der Waals surface area contributed by atoms with Crippen LogP contribution in [0, 0.1) is 5.92 Å². The van der Waals surface area contributed by atoms with Crippen molar-refractivity contribution in [1.82, 2.24) is 9.88 Å². The molecule has 1 amide bonds. The fourth-order valence-electron chi connectivity index (χ4n) is 2.90. The van der Waals surface area contributed by atoms with E-state index in [9.17, 15) is 4.79 Å². The van der Waals surface area contributed by atoms with Crippen LogP contribution in [-0.4, -0.2) is 22.8 Å². The van der Waals surface area contributed by atoms with Gasteiger partial charge in [0.25, 0.3) is 5.91 Å². The minimum atomic E-state index is 0.130. The molecule has 0 saturated carbocycles. The predicted octanol–water partition coefficient (Wildman–Crippen LogP) is 3.54. The van der Waals surface area contributed by atoms with Crippen LogP contribution in [0.5, 0.6) is 0 Å². The lowest BCUT2D eigenvalue weighted by molar-refractivity contribution is 0.0784.